The molecule has 0 bridgehead atoms. The second kappa shape index (κ2) is 11.7. The summed E-state index contributed by atoms with van der Waals surface area (Å²) in [6, 6.07) is 13.3. The summed E-state index contributed by atoms with van der Waals surface area (Å²) in [6.45, 7) is 7.65. The van der Waals surface area contributed by atoms with Gasteiger partial charge in [-0.25, -0.2) is 9.97 Å². The summed E-state index contributed by atoms with van der Waals surface area (Å²) < 4.78 is 5.43. The molecule has 2 aliphatic rings. The number of aromatic nitrogens is 2. The standard InChI is InChI=1S/C30H34ClN5O3/c1-4-26(20-7-5-6-18(2)14-20)34-28(37)19(3)36-17-22-9-8-21(15-24(22)29(36)38)27-25(31)16-32-30(35-27)33-23-10-12-39-13-11-23/h5-9,14-16,19,23,26H,4,10-13,17H2,1-3H3,(H,34,37)(H,32,33,35)/t19-,26-/m1/s1. The highest BCUT2D eigenvalue weighted by Gasteiger charge is 2.35. The fourth-order valence-corrected chi connectivity index (χ4v) is 5.39. The minimum absolute atomic E-state index is 0.115. The average molecular weight is 548 g/mol. The molecule has 5 rings (SSSR count). The molecule has 1 saturated heterocycles. The molecule has 2 amide bonds. The van der Waals surface area contributed by atoms with E-state index < -0.39 is 6.04 Å². The highest BCUT2D eigenvalue weighted by atomic mass is 35.5. The van der Waals surface area contributed by atoms with Gasteiger partial charge in [0.1, 0.15) is 6.04 Å². The minimum Gasteiger partial charge on any atom is -0.381 e. The van der Waals surface area contributed by atoms with Crippen molar-refractivity contribution < 1.29 is 14.3 Å². The Morgan fingerprint density at radius 1 is 1.21 bits per heavy atom. The normalized spacial score (nSPS) is 17.0. The van der Waals surface area contributed by atoms with Crippen molar-refractivity contribution in [3.63, 3.8) is 0 Å². The van der Waals surface area contributed by atoms with Gasteiger partial charge >= 0.3 is 0 Å². The first-order valence-corrected chi connectivity index (χ1v) is 13.9. The monoisotopic (exact) mass is 547 g/mol. The zero-order valence-corrected chi connectivity index (χ0v) is 23.3. The van der Waals surface area contributed by atoms with Gasteiger partial charge in [0.25, 0.3) is 5.91 Å². The molecule has 3 heterocycles. The van der Waals surface area contributed by atoms with Crippen molar-refractivity contribution in [2.45, 2.75) is 64.7 Å². The van der Waals surface area contributed by atoms with E-state index in [9.17, 15) is 9.59 Å². The molecule has 0 radical (unpaired) electrons. The Morgan fingerprint density at radius 3 is 2.74 bits per heavy atom. The first-order valence-electron chi connectivity index (χ1n) is 13.5. The van der Waals surface area contributed by atoms with Gasteiger partial charge in [-0.05, 0) is 50.3 Å². The molecule has 8 nitrogen and oxygen atoms in total. The SMILES string of the molecule is CC[C@@H](NC(=O)[C@@H](C)N1Cc2ccc(-c3nc(NC4CCOCC4)ncc3Cl)cc2C1=O)c1cccc(C)c1. The molecule has 39 heavy (non-hydrogen) atoms. The lowest BCUT2D eigenvalue weighted by Crippen LogP contribution is -2.46. The number of aryl methyl sites for hydroxylation is 1. The number of carbonyl (C=O) groups is 2. The van der Waals surface area contributed by atoms with Crippen LogP contribution < -0.4 is 10.6 Å². The maximum Gasteiger partial charge on any atom is 0.255 e. The van der Waals surface area contributed by atoms with Crippen molar-refractivity contribution in [1.82, 2.24) is 20.2 Å². The van der Waals surface area contributed by atoms with Gasteiger partial charge in [-0.1, -0.05) is 60.5 Å². The van der Waals surface area contributed by atoms with Crippen LogP contribution in [-0.2, 0) is 16.1 Å². The molecular weight excluding hydrogens is 514 g/mol. The number of hydrogen-bond donors (Lipinski definition) is 2. The van der Waals surface area contributed by atoms with E-state index in [1.165, 1.54) is 0 Å². The van der Waals surface area contributed by atoms with Crippen LogP contribution in [0.5, 0.6) is 0 Å². The van der Waals surface area contributed by atoms with Crippen LogP contribution in [0.2, 0.25) is 5.02 Å². The Morgan fingerprint density at radius 2 is 2.00 bits per heavy atom. The van der Waals surface area contributed by atoms with E-state index in [4.69, 9.17) is 16.3 Å². The first kappa shape index (κ1) is 27.1. The van der Waals surface area contributed by atoms with Gasteiger partial charge in [-0.2, -0.15) is 0 Å². The third-order valence-corrected chi connectivity index (χ3v) is 7.81. The van der Waals surface area contributed by atoms with E-state index in [2.05, 4.69) is 26.7 Å². The molecule has 3 aromatic rings. The number of nitrogens with zero attached hydrogens (tertiary/aromatic N) is 3. The lowest BCUT2D eigenvalue weighted by Gasteiger charge is -2.26. The van der Waals surface area contributed by atoms with Crippen LogP contribution in [0.3, 0.4) is 0 Å². The molecular formula is C30H34ClN5O3. The summed E-state index contributed by atoms with van der Waals surface area (Å²) in [5, 5.41) is 6.91. The van der Waals surface area contributed by atoms with Crippen molar-refractivity contribution in [1.29, 1.82) is 0 Å². The number of nitrogens with one attached hydrogen (secondary N) is 2. The van der Waals surface area contributed by atoms with Crippen molar-refractivity contribution >= 4 is 29.4 Å². The smallest absolute Gasteiger partial charge is 0.255 e. The lowest BCUT2D eigenvalue weighted by atomic mass is 10.0. The summed E-state index contributed by atoms with van der Waals surface area (Å²) in [5.74, 6) is 0.148. The van der Waals surface area contributed by atoms with Crippen molar-refractivity contribution in [2.24, 2.45) is 0 Å². The molecule has 0 aliphatic carbocycles. The molecule has 2 atom stereocenters. The van der Waals surface area contributed by atoms with Gasteiger partial charge in [0.05, 0.1) is 23.0 Å². The summed E-state index contributed by atoms with van der Waals surface area (Å²) in [4.78, 5) is 37.3. The molecule has 1 aromatic heterocycles. The number of amides is 2. The summed E-state index contributed by atoms with van der Waals surface area (Å²) in [6.07, 6.45) is 4.11. The van der Waals surface area contributed by atoms with Crippen LogP contribution in [-0.4, -0.2) is 52.0 Å². The number of benzene rings is 2. The average Bonchev–Trinajstić information content (AvgIpc) is 3.28. The topological polar surface area (TPSA) is 96.5 Å². The Labute approximate surface area is 234 Å². The van der Waals surface area contributed by atoms with Gasteiger partial charge in [-0.15, -0.1) is 0 Å². The molecule has 0 spiro atoms. The van der Waals surface area contributed by atoms with Crippen LogP contribution in [0.4, 0.5) is 5.95 Å². The van der Waals surface area contributed by atoms with Crippen LogP contribution in [0.25, 0.3) is 11.3 Å². The number of hydrogen-bond acceptors (Lipinski definition) is 6. The Hall–Kier alpha value is -3.49. The molecule has 204 valence electrons. The fraction of sp³-hybridized carbons (Fsp3) is 0.400. The first-order chi connectivity index (χ1) is 18.8. The molecule has 2 N–H and O–H groups in total. The van der Waals surface area contributed by atoms with Crippen LogP contribution in [0.15, 0.2) is 48.7 Å². The largest absolute Gasteiger partial charge is 0.381 e. The van der Waals surface area contributed by atoms with Crippen molar-refractivity contribution in [3.8, 4) is 11.3 Å². The molecule has 1 fully saturated rings. The third kappa shape index (κ3) is 5.92. The predicted molar refractivity (Wildman–Crippen MR) is 152 cm³/mol. The van der Waals surface area contributed by atoms with Gasteiger partial charge in [0, 0.05) is 36.9 Å². The maximum absolute atomic E-state index is 13.5. The Bertz CT molecular complexity index is 1370. The van der Waals surface area contributed by atoms with Crippen LogP contribution in [0, 0.1) is 6.92 Å². The van der Waals surface area contributed by atoms with Gasteiger partial charge in [-0.3, -0.25) is 9.59 Å². The molecule has 2 aromatic carbocycles. The second-order valence-electron chi connectivity index (χ2n) is 10.3. The zero-order chi connectivity index (χ0) is 27.5. The number of anilines is 1. The van der Waals surface area contributed by atoms with E-state index >= 15 is 0 Å². The van der Waals surface area contributed by atoms with Gasteiger partial charge in [0.2, 0.25) is 11.9 Å². The van der Waals surface area contributed by atoms with E-state index in [0.717, 1.165) is 41.5 Å². The molecule has 0 saturated carbocycles. The number of carbonyl (C=O) groups excluding carboxylic acids is 2. The van der Waals surface area contributed by atoms with Gasteiger partial charge < -0.3 is 20.3 Å². The van der Waals surface area contributed by atoms with Gasteiger partial charge in [0.15, 0.2) is 0 Å². The van der Waals surface area contributed by atoms with Crippen molar-refractivity contribution in [3.05, 3.63) is 75.9 Å². The van der Waals surface area contributed by atoms with Crippen LogP contribution in [0.1, 0.15) is 66.2 Å². The zero-order valence-electron chi connectivity index (χ0n) is 22.5. The number of halogens is 1. The Balaban J connectivity index is 1.31. The molecule has 0 unspecified atom stereocenters. The number of ether oxygens (including phenoxy) is 1. The van der Waals surface area contributed by atoms with Crippen LogP contribution >= 0.6 is 11.6 Å². The predicted octanol–water partition coefficient (Wildman–Crippen LogP) is 5.31. The Kier molecular flexibility index (Phi) is 8.14. The fourth-order valence-electron chi connectivity index (χ4n) is 5.19. The highest BCUT2D eigenvalue weighted by molar-refractivity contribution is 6.33. The second-order valence-corrected chi connectivity index (χ2v) is 10.7. The maximum atomic E-state index is 13.5. The van der Waals surface area contributed by atoms with E-state index in [0.29, 0.717) is 42.0 Å². The number of rotatable bonds is 8. The highest BCUT2D eigenvalue weighted by Crippen LogP contribution is 2.32. The minimum atomic E-state index is -0.620. The van der Waals surface area contributed by atoms with E-state index in [1.807, 2.05) is 50.2 Å². The summed E-state index contributed by atoms with van der Waals surface area (Å²) in [7, 11) is 0. The third-order valence-electron chi connectivity index (χ3n) is 7.53. The summed E-state index contributed by atoms with van der Waals surface area (Å²) in [5.41, 5.74) is 4.93. The molecule has 2 aliphatic heterocycles. The van der Waals surface area contributed by atoms with Crippen molar-refractivity contribution in [2.75, 3.05) is 18.5 Å². The summed E-state index contributed by atoms with van der Waals surface area (Å²) >= 11 is 6.48. The molecule has 9 heteroatoms. The van der Waals surface area contributed by atoms with E-state index in [1.54, 1.807) is 18.0 Å². The number of fused-ring (bicyclic) bond motifs is 1. The van der Waals surface area contributed by atoms with E-state index in [-0.39, 0.29) is 23.9 Å². The lowest BCUT2D eigenvalue weighted by molar-refractivity contribution is -0.126. The quantitative estimate of drug-likeness (QED) is 0.397.